The van der Waals surface area contributed by atoms with Crippen molar-refractivity contribution in [3.8, 4) is 0 Å². The Kier molecular flexibility index (Phi) is 7.02. The molecule has 0 atom stereocenters. The number of carbonyl (C=O) groups is 1. The van der Waals surface area contributed by atoms with Crippen molar-refractivity contribution in [3.05, 3.63) is 29.8 Å². The number of sulfonamides is 1. The third kappa shape index (κ3) is 5.28. The molecule has 0 spiro atoms. The van der Waals surface area contributed by atoms with Gasteiger partial charge in [-0.15, -0.1) is 0 Å². The number of para-hydroxylation sites is 1. The van der Waals surface area contributed by atoms with Crippen LogP contribution in [0.5, 0.6) is 0 Å². The summed E-state index contributed by atoms with van der Waals surface area (Å²) >= 11 is 0. The van der Waals surface area contributed by atoms with Crippen LogP contribution in [-0.2, 0) is 14.8 Å². The lowest BCUT2D eigenvalue weighted by molar-refractivity contribution is -0.120. The van der Waals surface area contributed by atoms with Crippen molar-refractivity contribution in [2.24, 2.45) is 5.92 Å². The van der Waals surface area contributed by atoms with Crippen molar-refractivity contribution in [1.82, 2.24) is 4.31 Å². The average molecular weight is 367 g/mol. The van der Waals surface area contributed by atoms with Crippen LogP contribution in [0, 0.1) is 5.92 Å². The number of carbonyl (C=O) groups excluding carboxylic acids is 1. The summed E-state index contributed by atoms with van der Waals surface area (Å²) in [6.07, 6.45) is 2.73. The molecule has 1 N–H and O–H groups in total. The predicted octanol–water partition coefficient (Wildman–Crippen LogP) is 3.59. The SMILES string of the molecule is CCCCS(=O)(=O)N1CCC(C(=O)Nc2ccccc2C(C)C)CC1. The van der Waals surface area contributed by atoms with Crippen LogP contribution in [0.15, 0.2) is 24.3 Å². The number of hydrogen-bond acceptors (Lipinski definition) is 3. The molecule has 1 aromatic rings. The van der Waals surface area contributed by atoms with Gasteiger partial charge in [-0.05, 0) is 36.8 Å². The van der Waals surface area contributed by atoms with E-state index in [-0.39, 0.29) is 17.6 Å². The van der Waals surface area contributed by atoms with E-state index in [0.717, 1.165) is 17.7 Å². The number of unbranched alkanes of at least 4 members (excludes halogenated alkanes) is 1. The molecule has 6 heteroatoms. The summed E-state index contributed by atoms with van der Waals surface area (Å²) in [5, 5.41) is 3.04. The van der Waals surface area contributed by atoms with E-state index in [1.807, 2.05) is 31.2 Å². The van der Waals surface area contributed by atoms with Crippen LogP contribution in [0.4, 0.5) is 5.69 Å². The fourth-order valence-corrected chi connectivity index (χ4v) is 4.88. The summed E-state index contributed by atoms with van der Waals surface area (Å²) in [5.74, 6) is 0.417. The Labute approximate surface area is 151 Å². The summed E-state index contributed by atoms with van der Waals surface area (Å²) in [4.78, 5) is 12.6. The molecule has 0 aromatic heterocycles. The molecular formula is C19H30N2O3S. The largest absolute Gasteiger partial charge is 0.326 e. The minimum absolute atomic E-state index is 0.00120. The fraction of sp³-hybridized carbons (Fsp3) is 0.632. The maximum atomic E-state index is 12.6. The van der Waals surface area contributed by atoms with E-state index < -0.39 is 10.0 Å². The van der Waals surface area contributed by atoms with Gasteiger partial charge in [0.2, 0.25) is 15.9 Å². The quantitative estimate of drug-likeness (QED) is 0.802. The number of hydrogen-bond donors (Lipinski definition) is 1. The Hall–Kier alpha value is -1.40. The van der Waals surface area contributed by atoms with Crippen LogP contribution in [-0.4, -0.2) is 37.5 Å². The highest BCUT2D eigenvalue weighted by Crippen LogP contribution is 2.26. The Bertz CT molecular complexity index is 678. The maximum absolute atomic E-state index is 12.6. The minimum atomic E-state index is -3.17. The van der Waals surface area contributed by atoms with Gasteiger partial charge in [-0.3, -0.25) is 4.79 Å². The highest BCUT2D eigenvalue weighted by atomic mass is 32.2. The van der Waals surface area contributed by atoms with Gasteiger partial charge in [0.25, 0.3) is 0 Å². The molecule has 0 saturated carbocycles. The van der Waals surface area contributed by atoms with Gasteiger partial charge in [0.05, 0.1) is 5.75 Å². The first-order valence-corrected chi connectivity index (χ1v) is 10.8. The van der Waals surface area contributed by atoms with Crippen molar-refractivity contribution < 1.29 is 13.2 Å². The van der Waals surface area contributed by atoms with Gasteiger partial charge < -0.3 is 5.32 Å². The summed E-state index contributed by atoms with van der Waals surface area (Å²) in [5.41, 5.74) is 1.98. The van der Waals surface area contributed by atoms with E-state index in [1.165, 1.54) is 0 Å². The molecule has 25 heavy (non-hydrogen) atoms. The first-order chi connectivity index (χ1) is 11.8. The van der Waals surface area contributed by atoms with E-state index in [1.54, 1.807) is 4.31 Å². The molecule has 1 aliphatic rings. The smallest absolute Gasteiger partial charge is 0.227 e. The van der Waals surface area contributed by atoms with E-state index >= 15 is 0 Å². The van der Waals surface area contributed by atoms with E-state index in [2.05, 4.69) is 19.2 Å². The lowest BCUT2D eigenvalue weighted by Gasteiger charge is -2.30. The van der Waals surface area contributed by atoms with Crippen LogP contribution >= 0.6 is 0 Å². The topological polar surface area (TPSA) is 66.5 Å². The van der Waals surface area contributed by atoms with Crippen molar-refractivity contribution in [3.63, 3.8) is 0 Å². The van der Waals surface area contributed by atoms with Gasteiger partial charge in [0, 0.05) is 24.7 Å². The van der Waals surface area contributed by atoms with Crippen LogP contribution in [0.25, 0.3) is 0 Å². The third-order valence-electron chi connectivity index (χ3n) is 4.81. The zero-order chi connectivity index (χ0) is 18.4. The lowest BCUT2D eigenvalue weighted by atomic mass is 9.96. The van der Waals surface area contributed by atoms with E-state index in [4.69, 9.17) is 0 Å². The Balaban J connectivity index is 1.94. The first-order valence-electron chi connectivity index (χ1n) is 9.22. The second kappa shape index (κ2) is 8.81. The normalized spacial score (nSPS) is 17.0. The van der Waals surface area contributed by atoms with Gasteiger partial charge in [0.1, 0.15) is 0 Å². The fourth-order valence-electron chi connectivity index (χ4n) is 3.20. The summed E-state index contributed by atoms with van der Waals surface area (Å²) < 4.78 is 26.1. The Morgan fingerprint density at radius 3 is 2.48 bits per heavy atom. The second-order valence-corrected chi connectivity index (χ2v) is 9.16. The number of rotatable bonds is 7. The molecule has 1 heterocycles. The standard InChI is InChI=1S/C19H30N2O3S/c1-4-5-14-25(23,24)21-12-10-16(11-13-21)19(22)20-18-9-7-6-8-17(18)15(2)3/h6-9,15-16H,4-5,10-14H2,1-3H3,(H,20,22). The third-order valence-corrected chi connectivity index (χ3v) is 6.77. The molecule has 5 nitrogen and oxygen atoms in total. The minimum Gasteiger partial charge on any atom is -0.326 e. The summed E-state index contributed by atoms with van der Waals surface area (Å²) in [7, 11) is -3.17. The number of nitrogens with zero attached hydrogens (tertiary/aromatic N) is 1. The monoisotopic (exact) mass is 366 g/mol. The number of piperidine rings is 1. The molecule has 1 saturated heterocycles. The molecule has 1 amide bonds. The van der Waals surface area contributed by atoms with Crippen molar-refractivity contribution >= 4 is 21.6 Å². The summed E-state index contributed by atoms with van der Waals surface area (Å²) in [6, 6.07) is 7.86. The molecule has 0 unspecified atom stereocenters. The number of anilines is 1. The van der Waals surface area contributed by atoms with Crippen LogP contribution in [0.3, 0.4) is 0 Å². The van der Waals surface area contributed by atoms with Gasteiger partial charge in [-0.1, -0.05) is 45.4 Å². The van der Waals surface area contributed by atoms with Gasteiger partial charge in [0.15, 0.2) is 0 Å². The number of nitrogens with one attached hydrogen (secondary N) is 1. The molecule has 1 aromatic carbocycles. The molecule has 0 aliphatic carbocycles. The Morgan fingerprint density at radius 2 is 1.88 bits per heavy atom. The number of benzene rings is 1. The van der Waals surface area contributed by atoms with Crippen molar-refractivity contribution in [2.45, 2.75) is 52.4 Å². The average Bonchev–Trinajstić information content (AvgIpc) is 2.60. The predicted molar refractivity (Wildman–Crippen MR) is 102 cm³/mol. The van der Waals surface area contributed by atoms with Crippen LogP contribution in [0.1, 0.15) is 57.9 Å². The zero-order valence-corrected chi connectivity index (χ0v) is 16.3. The van der Waals surface area contributed by atoms with Crippen LogP contribution < -0.4 is 5.32 Å². The second-order valence-electron chi connectivity index (χ2n) is 7.07. The van der Waals surface area contributed by atoms with E-state index in [9.17, 15) is 13.2 Å². The maximum Gasteiger partial charge on any atom is 0.227 e. The molecule has 0 radical (unpaired) electrons. The van der Waals surface area contributed by atoms with Crippen LogP contribution in [0.2, 0.25) is 0 Å². The number of amides is 1. The van der Waals surface area contributed by atoms with Gasteiger partial charge >= 0.3 is 0 Å². The Morgan fingerprint density at radius 1 is 1.24 bits per heavy atom. The van der Waals surface area contributed by atoms with Crippen molar-refractivity contribution in [1.29, 1.82) is 0 Å². The first kappa shape index (κ1) is 19.9. The summed E-state index contributed by atoms with van der Waals surface area (Å²) in [6.45, 7) is 7.07. The molecule has 2 rings (SSSR count). The molecule has 1 fully saturated rings. The molecule has 1 aliphatic heterocycles. The zero-order valence-electron chi connectivity index (χ0n) is 15.5. The van der Waals surface area contributed by atoms with E-state index in [0.29, 0.717) is 38.3 Å². The molecular weight excluding hydrogens is 336 g/mol. The van der Waals surface area contributed by atoms with Gasteiger partial charge in [-0.25, -0.2) is 12.7 Å². The molecule has 0 bridgehead atoms. The highest BCUT2D eigenvalue weighted by molar-refractivity contribution is 7.89. The highest BCUT2D eigenvalue weighted by Gasteiger charge is 2.30. The molecule has 140 valence electrons. The van der Waals surface area contributed by atoms with Gasteiger partial charge in [-0.2, -0.15) is 0 Å². The van der Waals surface area contributed by atoms with Crippen molar-refractivity contribution in [2.75, 3.05) is 24.2 Å². The lowest BCUT2D eigenvalue weighted by Crippen LogP contribution is -2.42.